The van der Waals surface area contributed by atoms with Gasteiger partial charge in [0.25, 0.3) is 0 Å². The SMILES string of the molecule is CNC1(CO)CCN(Cc2ccccn2)C1. The minimum Gasteiger partial charge on any atom is -0.394 e. The number of likely N-dealkylation sites (tertiary alicyclic amines) is 1. The monoisotopic (exact) mass is 221 g/mol. The maximum absolute atomic E-state index is 9.40. The Balaban J connectivity index is 1.95. The van der Waals surface area contributed by atoms with Crippen LogP contribution in [0, 0.1) is 0 Å². The molecule has 1 saturated heterocycles. The van der Waals surface area contributed by atoms with Crippen molar-refractivity contribution in [3.63, 3.8) is 0 Å². The van der Waals surface area contributed by atoms with Crippen molar-refractivity contribution >= 4 is 0 Å². The standard InChI is InChI=1S/C12H19N3O/c1-13-12(10-16)5-7-15(9-12)8-11-4-2-3-6-14-11/h2-4,6,13,16H,5,7-10H2,1H3. The second-order valence-electron chi connectivity index (χ2n) is 4.47. The molecule has 1 aromatic heterocycles. The van der Waals surface area contributed by atoms with Crippen molar-refractivity contribution < 1.29 is 5.11 Å². The fourth-order valence-corrected chi connectivity index (χ4v) is 2.23. The average molecular weight is 221 g/mol. The quantitative estimate of drug-likeness (QED) is 0.764. The molecule has 0 saturated carbocycles. The molecular weight excluding hydrogens is 202 g/mol. The van der Waals surface area contributed by atoms with Gasteiger partial charge < -0.3 is 10.4 Å². The third-order valence-corrected chi connectivity index (χ3v) is 3.38. The predicted molar refractivity (Wildman–Crippen MR) is 63.0 cm³/mol. The van der Waals surface area contributed by atoms with Crippen molar-refractivity contribution in [1.82, 2.24) is 15.2 Å². The van der Waals surface area contributed by atoms with Crippen molar-refractivity contribution in [3.05, 3.63) is 30.1 Å². The molecule has 1 aliphatic heterocycles. The number of hydrogen-bond acceptors (Lipinski definition) is 4. The number of rotatable bonds is 4. The van der Waals surface area contributed by atoms with Crippen LogP contribution >= 0.6 is 0 Å². The van der Waals surface area contributed by atoms with Gasteiger partial charge in [-0.3, -0.25) is 9.88 Å². The van der Waals surface area contributed by atoms with Gasteiger partial charge in [-0.05, 0) is 25.6 Å². The van der Waals surface area contributed by atoms with Gasteiger partial charge in [-0.1, -0.05) is 6.07 Å². The third kappa shape index (κ3) is 2.40. The predicted octanol–water partition coefficient (Wildman–Crippen LogP) is 0.238. The highest BCUT2D eigenvalue weighted by atomic mass is 16.3. The van der Waals surface area contributed by atoms with Crippen LogP contribution in [0.4, 0.5) is 0 Å². The first-order valence-corrected chi connectivity index (χ1v) is 5.70. The number of hydrogen-bond donors (Lipinski definition) is 2. The lowest BCUT2D eigenvalue weighted by Crippen LogP contribution is -2.48. The van der Waals surface area contributed by atoms with E-state index in [2.05, 4.69) is 15.2 Å². The van der Waals surface area contributed by atoms with E-state index in [1.807, 2.05) is 31.4 Å². The van der Waals surface area contributed by atoms with Gasteiger partial charge in [0.2, 0.25) is 0 Å². The smallest absolute Gasteiger partial charge is 0.0626 e. The van der Waals surface area contributed by atoms with Crippen LogP contribution in [-0.2, 0) is 6.54 Å². The molecule has 0 spiro atoms. The molecule has 2 heterocycles. The van der Waals surface area contributed by atoms with Crippen LogP contribution in [0.15, 0.2) is 24.4 Å². The molecule has 1 atom stereocenters. The molecule has 4 heteroatoms. The van der Waals surface area contributed by atoms with Gasteiger partial charge in [-0.15, -0.1) is 0 Å². The summed E-state index contributed by atoms with van der Waals surface area (Å²) in [6, 6.07) is 5.98. The van der Waals surface area contributed by atoms with Crippen LogP contribution in [0.5, 0.6) is 0 Å². The van der Waals surface area contributed by atoms with E-state index in [9.17, 15) is 5.11 Å². The highest BCUT2D eigenvalue weighted by Crippen LogP contribution is 2.21. The summed E-state index contributed by atoms with van der Waals surface area (Å²) in [6.45, 7) is 2.96. The van der Waals surface area contributed by atoms with Crippen LogP contribution < -0.4 is 5.32 Å². The van der Waals surface area contributed by atoms with Gasteiger partial charge in [0.15, 0.2) is 0 Å². The highest BCUT2D eigenvalue weighted by molar-refractivity contribution is 5.05. The van der Waals surface area contributed by atoms with Crippen molar-refractivity contribution in [3.8, 4) is 0 Å². The van der Waals surface area contributed by atoms with Crippen LogP contribution in [-0.4, -0.2) is 47.3 Å². The van der Waals surface area contributed by atoms with E-state index < -0.39 is 0 Å². The highest BCUT2D eigenvalue weighted by Gasteiger charge is 2.35. The zero-order chi connectivity index (χ0) is 11.4. The van der Waals surface area contributed by atoms with Gasteiger partial charge in [-0.25, -0.2) is 0 Å². The molecule has 0 radical (unpaired) electrons. The second-order valence-corrected chi connectivity index (χ2v) is 4.47. The Labute approximate surface area is 96.3 Å². The Morgan fingerprint density at radius 1 is 1.56 bits per heavy atom. The molecule has 1 unspecified atom stereocenters. The van der Waals surface area contributed by atoms with Gasteiger partial charge in [0, 0.05) is 25.8 Å². The third-order valence-electron chi connectivity index (χ3n) is 3.38. The zero-order valence-corrected chi connectivity index (χ0v) is 9.69. The van der Waals surface area contributed by atoms with E-state index in [4.69, 9.17) is 0 Å². The molecular formula is C12H19N3O. The topological polar surface area (TPSA) is 48.4 Å². The van der Waals surface area contributed by atoms with E-state index >= 15 is 0 Å². The number of pyridine rings is 1. The minimum atomic E-state index is -0.116. The number of nitrogens with zero attached hydrogens (tertiary/aromatic N) is 2. The molecule has 1 fully saturated rings. The van der Waals surface area contributed by atoms with E-state index in [1.165, 1.54) is 0 Å². The fraction of sp³-hybridized carbons (Fsp3) is 0.583. The summed E-state index contributed by atoms with van der Waals surface area (Å²) in [5, 5.41) is 12.6. The Bertz CT molecular complexity index is 324. The van der Waals surface area contributed by atoms with E-state index in [1.54, 1.807) is 0 Å². The minimum absolute atomic E-state index is 0.116. The summed E-state index contributed by atoms with van der Waals surface area (Å²) >= 11 is 0. The summed E-state index contributed by atoms with van der Waals surface area (Å²) in [6.07, 6.45) is 2.82. The average Bonchev–Trinajstić information content (AvgIpc) is 2.75. The Hall–Kier alpha value is -0.970. The first kappa shape index (κ1) is 11.5. The normalized spacial score (nSPS) is 26.1. The lowest BCUT2D eigenvalue weighted by molar-refractivity contribution is 0.166. The number of aliphatic hydroxyl groups excluding tert-OH is 1. The van der Waals surface area contributed by atoms with Gasteiger partial charge in [-0.2, -0.15) is 0 Å². The van der Waals surface area contributed by atoms with Crippen molar-refractivity contribution in [1.29, 1.82) is 0 Å². The molecule has 16 heavy (non-hydrogen) atoms. The van der Waals surface area contributed by atoms with Gasteiger partial charge >= 0.3 is 0 Å². The number of aliphatic hydroxyl groups is 1. The maximum atomic E-state index is 9.40. The van der Waals surface area contributed by atoms with Crippen molar-refractivity contribution in [2.75, 3.05) is 26.7 Å². The zero-order valence-electron chi connectivity index (χ0n) is 9.69. The van der Waals surface area contributed by atoms with Gasteiger partial charge in [0.05, 0.1) is 17.8 Å². The summed E-state index contributed by atoms with van der Waals surface area (Å²) in [5.74, 6) is 0. The van der Waals surface area contributed by atoms with Gasteiger partial charge in [0.1, 0.15) is 0 Å². The number of aromatic nitrogens is 1. The van der Waals surface area contributed by atoms with Crippen molar-refractivity contribution in [2.45, 2.75) is 18.5 Å². The fourth-order valence-electron chi connectivity index (χ4n) is 2.23. The summed E-state index contributed by atoms with van der Waals surface area (Å²) < 4.78 is 0. The first-order chi connectivity index (χ1) is 7.78. The van der Waals surface area contributed by atoms with E-state index in [0.29, 0.717) is 0 Å². The molecule has 2 rings (SSSR count). The molecule has 1 aromatic rings. The molecule has 2 N–H and O–H groups in total. The maximum Gasteiger partial charge on any atom is 0.0626 e. The number of nitrogens with one attached hydrogen (secondary N) is 1. The summed E-state index contributed by atoms with van der Waals surface area (Å²) in [4.78, 5) is 6.65. The van der Waals surface area contributed by atoms with Crippen LogP contribution in [0.1, 0.15) is 12.1 Å². The summed E-state index contributed by atoms with van der Waals surface area (Å²) in [5.41, 5.74) is 0.974. The summed E-state index contributed by atoms with van der Waals surface area (Å²) in [7, 11) is 1.92. The lowest BCUT2D eigenvalue weighted by atomic mass is 10.0. The Morgan fingerprint density at radius 2 is 2.44 bits per heavy atom. The first-order valence-electron chi connectivity index (χ1n) is 5.70. The molecule has 0 bridgehead atoms. The molecule has 0 aliphatic carbocycles. The molecule has 4 nitrogen and oxygen atoms in total. The largest absolute Gasteiger partial charge is 0.394 e. The van der Waals surface area contributed by atoms with Crippen molar-refractivity contribution in [2.24, 2.45) is 0 Å². The van der Waals surface area contributed by atoms with E-state index in [-0.39, 0.29) is 12.1 Å². The Kier molecular flexibility index (Phi) is 3.53. The Morgan fingerprint density at radius 3 is 3.00 bits per heavy atom. The van der Waals surface area contributed by atoms with Crippen LogP contribution in [0.25, 0.3) is 0 Å². The molecule has 88 valence electrons. The number of likely N-dealkylation sites (N-methyl/N-ethyl adjacent to an activating group) is 1. The van der Waals surface area contributed by atoms with E-state index in [0.717, 1.165) is 31.7 Å². The lowest BCUT2D eigenvalue weighted by Gasteiger charge is -2.26. The molecule has 0 aromatic carbocycles. The second kappa shape index (κ2) is 4.91. The molecule has 1 aliphatic rings. The molecule has 0 amide bonds. The van der Waals surface area contributed by atoms with Crippen LogP contribution in [0.2, 0.25) is 0 Å². The van der Waals surface area contributed by atoms with Crippen LogP contribution in [0.3, 0.4) is 0 Å².